The normalized spacial score (nSPS) is 14.4. The zero-order valence-corrected chi connectivity index (χ0v) is 20.6. The second kappa shape index (κ2) is 10.2. The lowest BCUT2D eigenvalue weighted by Crippen LogP contribution is -2.38. The Morgan fingerprint density at radius 1 is 1.12 bits per heavy atom. The number of rotatable bonds is 6. The van der Waals surface area contributed by atoms with Gasteiger partial charge in [-0.1, -0.05) is 32.0 Å². The van der Waals surface area contributed by atoms with Gasteiger partial charge >= 0.3 is 0 Å². The van der Waals surface area contributed by atoms with Crippen LogP contribution in [-0.4, -0.2) is 39.1 Å². The minimum Gasteiger partial charge on any atom is -0.339 e. The number of aromatic amines is 1. The van der Waals surface area contributed by atoms with E-state index in [1.54, 1.807) is 0 Å². The Morgan fingerprint density at radius 3 is 2.35 bits per heavy atom. The molecule has 1 aliphatic heterocycles. The van der Waals surface area contributed by atoms with E-state index in [1.807, 2.05) is 49.1 Å². The van der Waals surface area contributed by atoms with Gasteiger partial charge in [0.1, 0.15) is 5.82 Å². The van der Waals surface area contributed by atoms with Gasteiger partial charge in [0.05, 0.1) is 11.6 Å². The lowest BCUT2D eigenvalue weighted by Gasteiger charge is -2.33. The first-order chi connectivity index (χ1) is 16.4. The molecule has 1 saturated heterocycles. The Balaban J connectivity index is 1.58. The molecule has 0 radical (unpaired) electrons. The van der Waals surface area contributed by atoms with Crippen LogP contribution in [0.15, 0.2) is 36.4 Å². The number of aromatic nitrogens is 3. The molecule has 1 amide bonds. The maximum atomic E-state index is 13.6. The fourth-order valence-corrected chi connectivity index (χ4v) is 5.12. The molecule has 1 aliphatic rings. The fraction of sp³-hybridized carbons (Fsp3) is 0.429. The second-order valence-corrected chi connectivity index (χ2v) is 9.33. The van der Waals surface area contributed by atoms with Crippen molar-refractivity contribution < 1.29 is 4.79 Å². The largest absolute Gasteiger partial charge is 0.339 e. The maximum Gasteiger partial charge on any atom is 0.254 e. The van der Waals surface area contributed by atoms with Crippen LogP contribution >= 0.6 is 0 Å². The molecule has 2 aromatic carbocycles. The molecule has 0 atom stereocenters. The number of carbonyl (C=O) groups is 1. The average Bonchev–Trinajstić information content (AvgIpc) is 3.30. The third kappa shape index (κ3) is 4.75. The topological polar surface area (TPSA) is 85.7 Å². The van der Waals surface area contributed by atoms with Gasteiger partial charge in [0.25, 0.3) is 5.91 Å². The SMILES string of the molecule is CCC(CC)c1cc(C)c(C(=O)N2CCC(c3ccc(C#N)cc3)CC2)cc1-c1nnc(C)[nH]1. The van der Waals surface area contributed by atoms with Crippen LogP contribution in [0.4, 0.5) is 0 Å². The van der Waals surface area contributed by atoms with E-state index >= 15 is 0 Å². The van der Waals surface area contributed by atoms with Crippen LogP contribution in [0.1, 0.15) is 89.8 Å². The van der Waals surface area contributed by atoms with Gasteiger partial charge in [0, 0.05) is 24.2 Å². The minimum absolute atomic E-state index is 0.0874. The van der Waals surface area contributed by atoms with Gasteiger partial charge in [0.2, 0.25) is 0 Å². The number of nitriles is 1. The summed E-state index contributed by atoms with van der Waals surface area (Å²) in [6.45, 7) is 9.80. The molecule has 0 unspecified atom stereocenters. The van der Waals surface area contributed by atoms with Crippen LogP contribution in [0.25, 0.3) is 11.4 Å². The number of piperidine rings is 1. The van der Waals surface area contributed by atoms with Crippen LogP contribution in [0.3, 0.4) is 0 Å². The van der Waals surface area contributed by atoms with E-state index < -0.39 is 0 Å². The lowest BCUT2D eigenvalue weighted by molar-refractivity contribution is 0.0712. The fourth-order valence-electron chi connectivity index (χ4n) is 5.12. The van der Waals surface area contributed by atoms with Crippen molar-refractivity contribution in [2.75, 3.05) is 13.1 Å². The smallest absolute Gasteiger partial charge is 0.254 e. The monoisotopic (exact) mass is 455 g/mol. The van der Waals surface area contributed by atoms with Gasteiger partial charge in [-0.2, -0.15) is 5.26 Å². The highest BCUT2D eigenvalue weighted by Crippen LogP contribution is 2.35. The molecule has 176 valence electrons. The van der Waals surface area contributed by atoms with E-state index in [1.165, 1.54) is 11.1 Å². The second-order valence-electron chi connectivity index (χ2n) is 9.33. The van der Waals surface area contributed by atoms with Gasteiger partial charge in [-0.15, -0.1) is 10.2 Å². The number of H-pyrrole nitrogens is 1. The summed E-state index contributed by atoms with van der Waals surface area (Å²) in [5, 5.41) is 17.5. The molecule has 0 spiro atoms. The Morgan fingerprint density at radius 2 is 1.79 bits per heavy atom. The first-order valence-electron chi connectivity index (χ1n) is 12.3. The van der Waals surface area contributed by atoms with E-state index in [0.29, 0.717) is 17.4 Å². The summed E-state index contributed by atoms with van der Waals surface area (Å²) in [6.07, 6.45) is 3.92. The Hall–Kier alpha value is -3.46. The molecule has 2 heterocycles. The molecule has 0 bridgehead atoms. The van der Waals surface area contributed by atoms with Crippen molar-refractivity contribution >= 4 is 5.91 Å². The third-order valence-corrected chi connectivity index (χ3v) is 7.20. The molecule has 3 aromatic rings. The van der Waals surface area contributed by atoms with Crippen LogP contribution in [0.2, 0.25) is 0 Å². The van der Waals surface area contributed by atoms with Crippen LogP contribution < -0.4 is 0 Å². The average molecular weight is 456 g/mol. The number of aryl methyl sites for hydroxylation is 2. The predicted octanol–water partition coefficient (Wildman–Crippen LogP) is 5.88. The molecule has 1 aromatic heterocycles. The number of benzene rings is 2. The number of amides is 1. The first kappa shape index (κ1) is 23.7. The standard InChI is InChI=1S/C28H33N5O/c1-5-21(6-2)25-15-18(3)24(16-26(25)27-30-19(4)31-32-27)28(34)33-13-11-23(12-14-33)22-9-7-20(17-29)8-10-22/h7-10,15-16,21,23H,5-6,11-14H2,1-4H3,(H,30,31,32). The van der Waals surface area contributed by atoms with Crippen LogP contribution in [0.5, 0.6) is 0 Å². The lowest BCUT2D eigenvalue weighted by atomic mass is 9.86. The van der Waals surface area contributed by atoms with Crippen molar-refractivity contribution in [1.29, 1.82) is 5.26 Å². The highest BCUT2D eigenvalue weighted by Gasteiger charge is 2.27. The summed E-state index contributed by atoms with van der Waals surface area (Å²) in [5.74, 6) is 2.41. The minimum atomic E-state index is 0.0874. The van der Waals surface area contributed by atoms with E-state index in [4.69, 9.17) is 5.26 Å². The molecule has 6 heteroatoms. The number of carbonyl (C=O) groups excluding carboxylic acids is 1. The molecule has 6 nitrogen and oxygen atoms in total. The van der Waals surface area contributed by atoms with Gasteiger partial charge in [-0.3, -0.25) is 4.79 Å². The van der Waals surface area contributed by atoms with Crippen LogP contribution in [0, 0.1) is 25.2 Å². The Bertz CT molecular complexity index is 1190. The zero-order valence-electron chi connectivity index (χ0n) is 20.6. The van der Waals surface area contributed by atoms with E-state index in [0.717, 1.165) is 67.1 Å². The summed E-state index contributed by atoms with van der Waals surface area (Å²) in [5.41, 5.74) is 5.91. The van der Waals surface area contributed by atoms with E-state index in [2.05, 4.69) is 41.2 Å². The summed E-state index contributed by atoms with van der Waals surface area (Å²) in [7, 11) is 0. The summed E-state index contributed by atoms with van der Waals surface area (Å²) >= 11 is 0. The highest BCUT2D eigenvalue weighted by atomic mass is 16.2. The third-order valence-electron chi connectivity index (χ3n) is 7.20. The van der Waals surface area contributed by atoms with Crippen molar-refractivity contribution in [3.8, 4) is 17.5 Å². The quantitative estimate of drug-likeness (QED) is 0.503. The predicted molar refractivity (Wildman–Crippen MR) is 134 cm³/mol. The van der Waals surface area contributed by atoms with Crippen molar-refractivity contribution in [2.24, 2.45) is 0 Å². The number of nitrogens with zero attached hydrogens (tertiary/aromatic N) is 4. The van der Waals surface area contributed by atoms with Crippen molar-refractivity contribution in [1.82, 2.24) is 20.1 Å². The van der Waals surface area contributed by atoms with E-state index in [-0.39, 0.29) is 5.91 Å². The number of hydrogen-bond donors (Lipinski definition) is 1. The summed E-state index contributed by atoms with van der Waals surface area (Å²) in [6, 6.07) is 14.2. The van der Waals surface area contributed by atoms with E-state index in [9.17, 15) is 4.79 Å². The molecular weight excluding hydrogens is 422 g/mol. The van der Waals surface area contributed by atoms with Crippen LogP contribution in [-0.2, 0) is 0 Å². The molecule has 34 heavy (non-hydrogen) atoms. The number of hydrogen-bond acceptors (Lipinski definition) is 4. The van der Waals surface area contributed by atoms with Gasteiger partial charge in [-0.05, 0) is 86.3 Å². The van der Waals surface area contributed by atoms with Crippen molar-refractivity contribution in [3.05, 3.63) is 70.0 Å². The molecule has 1 N–H and O–H groups in total. The van der Waals surface area contributed by atoms with Gasteiger partial charge in [0.15, 0.2) is 5.82 Å². The summed E-state index contributed by atoms with van der Waals surface area (Å²) < 4.78 is 0. The van der Waals surface area contributed by atoms with Crippen molar-refractivity contribution in [3.63, 3.8) is 0 Å². The maximum absolute atomic E-state index is 13.6. The number of likely N-dealkylation sites (tertiary alicyclic amines) is 1. The highest BCUT2D eigenvalue weighted by molar-refractivity contribution is 5.97. The Labute approximate surface area is 202 Å². The zero-order chi connectivity index (χ0) is 24.2. The number of nitrogens with one attached hydrogen (secondary N) is 1. The first-order valence-corrected chi connectivity index (χ1v) is 12.3. The molecule has 1 fully saturated rings. The van der Waals surface area contributed by atoms with Crippen molar-refractivity contribution in [2.45, 2.75) is 65.2 Å². The van der Waals surface area contributed by atoms with Gasteiger partial charge in [-0.25, -0.2) is 0 Å². The molecular formula is C28H33N5O. The summed E-state index contributed by atoms with van der Waals surface area (Å²) in [4.78, 5) is 18.8. The molecule has 4 rings (SSSR count). The van der Waals surface area contributed by atoms with Gasteiger partial charge < -0.3 is 9.88 Å². The molecule has 0 aliphatic carbocycles. The molecule has 0 saturated carbocycles. The Kier molecular flexibility index (Phi) is 7.12.